The molecule has 2 unspecified atom stereocenters. The molecule has 1 heterocycles. The number of nitrogens with one attached hydrogen (secondary N) is 1. The minimum Gasteiger partial charge on any atom is -0.394 e. The Morgan fingerprint density at radius 1 is 1.53 bits per heavy atom. The molecule has 0 aliphatic carbocycles. The second-order valence-electron chi connectivity index (χ2n) is 4.97. The van der Waals surface area contributed by atoms with Gasteiger partial charge < -0.3 is 15.3 Å². The maximum atomic E-state index is 12.0. The predicted molar refractivity (Wildman–Crippen MR) is 79.3 cm³/mol. The average Bonchev–Trinajstić information content (AvgIpc) is 2.52. The maximum Gasteiger partial charge on any atom is 0.245 e. The summed E-state index contributed by atoms with van der Waals surface area (Å²) in [5, 5.41) is 12.4. The molecule has 1 saturated heterocycles. The lowest BCUT2D eigenvalue weighted by Gasteiger charge is -2.34. The standard InChI is InChI=1S/C14H19BrN2O2/c1-9-7-11(3-4-12(9)15)17-10(2)5-6-16-14(19)13(17)8-18/h3-4,7,10,13,18H,5-6,8H2,1-2H3,(H,16,19). The molecule has 1 fully saturated rings. The van der Waals surface area contributed by atoms with Crippen molar-refractivity contribution >= 4 is 27.5 Å². The number of nitrogens with zero attached hydrogens (tertiary/aromatic N) is 1. The smallest absolute Gasteiger partial charge is 0.245 e. The van der Waals surface area contributed by atoms with Gasteiger partial charge in [-0.2, -0.15) is 0 Å². The topological polar surface area (TPSA) is 52.6 Å². The van der Waals surface area contributed by atoms with Gasteiger partial charge in [-0.3, -0.25) is 4.79 Å². The molecule has 104 valence electrons. The summed E-state index contributed by atoms with van der Waals surface area (Å²) in [7, 11) is 0. The Hall–Kier alpha value is -1.07. The number of carbonyl (C=O) groups is 1. The molecular weight excluding hydrogens is 308 g/mol. The minimum absolute atomic E-state index is 0.104. The summed E-state index contributed by atoms with van der Waals surface area (Å²) < 4.78 is 1.05. The first-order chi connectivity index (χ1) is 9.04. The highest BCUT2D eigenvalue weighted by Gasteiger charge is 2.31. The summed E-state index contributed by atoms with van der Waals surface area (Å²) >= 11 is 3.48. The van der Waals surface area contributed by atoms with E-state index in [2.05, 4.69) is 28.2 Å². The van der Waals surface area contributed by atoms with Gasteiger partial charge in [0.25, 0.3) is 0 Å². The van der Waals surface area contributed by atoms with E-state index in [-0.39, 0.29) is 18.6 Å². The van der Waals surface area contributed by atoms with Gasteiger partial charge in [0.15, 0.2) is 0 Å². The number of hydrogen-bond donors (Lipinski definition) is 2. The Bertz CT molecular complexity index is 479. The molecule has 1 aliphatic heterocycles. The van der Waals surface area contributed by atoms with E-state index >= 15 is 0 Å². The SMILES string of the molecule is Cc1cc(N2C(C)CCNC(=O)C2CO)ccc1Br. The molecule has 0 saturated carbocycles. The van der Waals surface area contributed by atoms with Crippen LogP contribution in [0.1, 0.15) is 18.9 Å². The van der Waals surface area contributed by atoms with Gasteiger partial charge in [-0.25, -0.2) is 0 Å². The fraction of sp³-hybridized carbons (Fsp3) is 0.500. The number of halogens is 1. The summed E-state index contributed by atoms with van der Waals surface area (Å²) in [5.41, 5.74) is 2.09. The molecule has 2 N–H and O–H groups in total. The third-order valence-electron chi connectivity index (χ3n) is 3.59. The van der Waals surface area contributed by atoms with Crippen molar-refractivity contribution in [1.29, 1.82) is 0 Å². The Kier molecular flexibility index (Phi) is 4.47. The Balaban J connectivity index is 2.41. The number of aliphatic hydroxyl groups excluding tert-OH is 1. The highest BCUT2D eigenvalue weighted by Crippen LogP contribution is 2.27. The average molecular weight is 327 g/mol. The molecule has 4 nitrogen and oxygen atoms in total. The third kappa shape index (κ3) is 2.92. The van der Waals surface area contributed by atoms with Gasteiger partial charge in [-0.15, -0.1) is 0 Å². The number of hydrogen-bond acceptors (Lipinski definition) is 3. The van der Waals surface area contributed by atoms with Crippen molar-refractivity contribution in [3.8, 4) is 0 Å². The van der Waals surface area contributed by atoms with Crippen molar-refractivity contribution in [3.05, 3.63) is 28.2 Å². The first kappa shape index (κ1) is 14.3. The molecule has 0 bridgehead atoms. The van der Waals surface area contributed by atoms with Crippen LogP contribution < -0.4 is 10.2 Å². The fourth-order valence-corrected chi connectivity index (χ4v) is 2.74. The van der Waals surface area contributed by atoms with E-state index in [0.717, 1.165) is 22.1 Å². The van der Waals surface area contributed by atoms with Crippen molar-refractivity contribution in [1.82, 2.24) is 5.32 Å². The molecule has 0 radical (unpaired) electrons. The van der Waals surface area contributed by atoms with Gasteiger partial charge in [0.05, 0.1) is 6.61 Å². The molecule has 1 aliphatic rings. The highest BCUT2D eigenvalue weighted by atomic mass is 79.9. The molecule has 0 spiro atoms. The summed E-state index contributed by atoms with van der Waals surface area (Å²) in [5.74, 6) is -0.104. The predicted octanol–water partition coefficient (Wildman–Crippen LogP) is 1.83. The van der Waals surface area contributed by atoms with Crippen molar-refractivity contribution < 1.29 is 9.90 Å². The maximum absolute atomic E-state index is 12.0. The summed E-state index contributed by atoms with van der Waals surface area (Å²) in [6, 6.07) is 5.69. The lowest BCUT2D eigenvalue weighted by molar-refractivity contribution is -0.122. The zero-order valence-corrected chi connectivity index (χ0v) is 12.8. The number of rotatable bonds is 2. The lowest BCUT2D eigenvalue weighted by atomic mass is 10.1. The second kappa shape index (κ2) is 5.92. The number of anilines is 1. The Morgan fingerprint density at radius 3 is 2.89 bits per heavy atom. The molecule has 1 amide bonds. The fourth-order valence-electron chi connectivity index (χ4n) is 2.49. The summed E-state index contributed by atoms with van der Waals surface area (Å²) in [6.07, 6.45) is 0.872. The first-order valence-electron chi connectivity index (χ1n) is 6.47. The number of benzene rings is 1. The quantitative estimate of drug-likeness (QED) is 0.871. The van der Waals surface area contributed by atoms with Crippen LogP contribution in [0.5, 0.6) is 0 Å². The van der Waals surface area contributed by atoms with E-state index in [1.165, 1.54) is 0 Å². The van der Waals surface area contributed by atoms with E-state index in [1.54, 1.807) is 0 Å². The van der Waals surface area contributed by atoms with Crippen molar-refractivity contribution in [2.45, 2.75) is 32.4 Å². The third-order valence-corrected chi connectivity index (χ3v) is 4.48. The van der Waals surface area contributed by atoms with Crippen LogP contribution in [0, 0.1) is 6.92 Å². The molecule has 1 aromatic carbocycles. The Labute approximate surface area is 121 Å². The molecule has 2 rings (SSSR count). The zero-order chi connectivity index (χ0) is 14.0. The zero-order valence-electron chi connectivity index (χ0n) is 11.2. The number of amides is 1. The summed E-state index contributed by atoms with van der Waals surface area (Å²) in [6.45, 7) is 4.58. The van der Waals surface area contributed by atoms with E-state index in [0.29, 0.717) is 6.54 Å². The lowest BCUT2D eigenvalue weighted by Crippen LogP contribution is -2.49. The largest absolute Gasteiger partial charge is 0.394 e. The molecular formula is C14H19BrN2O2. The Morgan fingerprint density at radius 2 is 2.26 bits per heavy atom. The van der Waals surface area contributed by atoms with Gasteiger partial charge in [-0.1, -0.05) is 15.9 Å². The highest BCUT2D eigenvalue weighted by molar-refractivity contribution is 9.10. The molecule has 1 aromatic rings. The summed E-state index contributed by atoms with van der Waals surface area (Å²) in [4.78, 5) is 14.0. The minimum atomic E-state index is -0.516. The number of aryl methyl sites for hydroxylation is 1. The van der Waals surface area contributed by atoms with Crippen molar-refractivity contribution in [2.24, 2.45) is 0 Å². The van der Waals surface area contributed by atoms with E-state index in [9.17, 15) is 9.90 Å². The number of carbonyl (C=O) groups excluding carboxylic acids is 1. The van der Waals surface area contributed by atoms with Crippen molar-refractivity contribution in [3.63, 3.8) is 0 Å². The van der Waals surface area contributed by atoms with E-state index in [1.807, 2.05) is 30.0 Å². The van der Waals surface area contributed by atoms with Gasteiger partial charge in [-0.05, 0) is 44.0 Å². The molecule has 19 heavy (non-hydrogen) atoms. The second-order valence-corrected chi connectivity index (χ2v) is 5.82. The van der Waals surface area contributed by atoms with Crippen LogP contribution >= 0.6 is 15.9 Å². The van der Waals surface area contributed by atoms with Gasteiger partial charge in [0.1, 0.15) is 6.04 Å². The molecule has 2 atom stereocenters. The van der Waals surface area contributed by atoms with Crippen LogP contribution in [0.2, 0.25) is 0 Å². The van der Waals surface area contributed by atoms with Crippen LogP contribution in [0.15, 0.2) is 22.7 Å². The van der Waals surface area contributed by atoms with E-state index < -0.39 is 6.04 Å². The molecule has 0 aromatic heterocycles. The van der Waals surface area contributed by atoms with Gasteiger partial charge >= 0.3 is 0 Å². The van der Waals surface area contributed by atoms with Crippen molar-refractivity contribution in [2.75, 3.05) is 18.1 Å². The van der Waals surface area contributed by atoms with Gasteiger partial charge in [0.2, 0.25) is 5.91 Å². The van der Waals surface area contributed by atoms with Crippen LogP contribution in [-0.4, -0.2) is 36.2 Å². The monoisotopic (exact) mass is 326 g/mol. The van der Waals surface area contributed by atoms with Crippen LogP contribution in [0.25, 0.3) is 0 Å². The number of aliphatic hydroxyl groups is 1. The normalized spacial score (nSPS) is 24.0. The first-order valence-corrected chi connectivity index (χ1v) is 7.27. The van der Waals surface area contributed by atoms with E-state index in [4.69, 9.17) is 0 Å². The molecule has 5 heteroatoms. The van der Waals surface area contributed by atoms with Crippen LogP contribution in [0.4, 0.5) is 5.69 Å². The van der Waals surface area contributed by atoms with Crippen LogP contribution in [0.3, 0.4) is 0 Å². The van der Waals surface area contributed by atoms with Crippen LogP contribution in [-0.2, 0) is 4.79 Å². The van der Waals surface area contributed by atoms with Gasteiger partial charge in [0, 0.05) is 22.7 Å².